The van der Waals surface area contributed by atoms with Gasteiger partial charge in [-0.25, -0.2) is 4.98 Å². The molecule has 0 saturated heterocycles. The van der Waals surface area contributed by atoms with E-state index in [-0.39, 0.29) is 5.78 Å². The van der Waals surface area contributed by atoms with Gasteiger partial charge in [-0.1, -0.05) is 23.7 Å². The average molecular weight is 446 g/mol. The van der Waals surface area contributed by atoms with Crippen molar-refractivity contribution in [3.05, 3.63) is 95.2 Å². The van der Waals surface area contributed by atoms with Gasteiger partial charge in [0.2, 0.25) is 5.78 Å². The number of imidazole rings is 1. The number of Topliss-reactive ketones (excluding diaryl/α,β-unsaturated/α-hetero) is 1. The molecule has 0 N–H and O–H groups in total. The molecule has 3 aromatic heterocycles. The van der Waals surface area contributed by atoms with Gasteiger partial charge in [-0.05, 0) is 55.8 Å². The maximum atomic E-state index is 13.1. The Balaban J connectivity index is 1.38. The molecule has 0 spiro atoms. The van der Waals surface area contributed by atoms with Gasteiger partial charge in [0.1, 0.15) is 23.8 Å². The second kappa shape index (κ2) is 7.80. The molecule has 0 bridgehead atoms. The summed E-state index contributed by atoms with van der Waals surface area (Å²) in [6, 6.07) is 14.7. The molecule has 0 atom stereocenters. The number of ketones is 1. The minimum atomic E-state index is -0.921. The van der Waals surface area contributed by atoms with Crippen LogP contribution in [-0.2, 0) is 16.1 Å². The van der Waals surface area contributed by atoms with Crippen LogP contribution in [-0.4, -0.2) is 25.8 Å². The van der Waals surface area contributed by atoms with Crippen LogP contribution < -0.4 is 4.74 Å². The maximum absolute atomic E-state index is 13.1. The highest BCUT2D eigenvalue weighted by molar-refractivity contribution is 6.32. The third-order valence-electron chi connectivity index (χ3n) is 5.30. The summed E-state index contributed by atoms with van der Waals surface area (Å²) in [4.78, 5) is 21.6. The maximum Gasteiger partial charge on any atom is 0.210 e. The van der Waals surface area contributed by atoms with Crippen LogP contribution in [0.4, 0.5) is 0 Å². The van der Waals surface area contributed by atoms with E-state index in [1.807, 2.05) is 59.3 Å². The molecule has 32 heavy (non-hydrogen) atoms. The van der Waals surface area contributed by atoms with Gasteiger partial charge in [0.05, 0.1) is 11.3 Å². The first-order valence-electron chi connectivity index (χ1n) is 10.2. The molecule has 0 saturated carbocycles. The number of ether oxygens (including phenoxy) is 2. The fraction of sp³-hybridized carbons (Fsp3) is 0.160. The minimum absolute atomic E-state index is 0.0543. The fourth-order valence-corrected chi connectivity index (χ4v) is 3.83. The third kappa shape index (κ3) is 3.74. The van der Waals surface area contributed by atoms with Crippen molar-refractivity contribution < 1.29 is 14.3 Å². The lowest BCUT2D eigenvalue weighted by molar-refractivity contribution is -0.125. The second-order valence-corrected chi connectivity index (χ2v) is 8.47. The number of nitrogens with zero attached hydrogens (tertiary/aromatic N) is 3. The van der Waals surface area contributed by atoms with Crippen LogP contribution in [0.1, 0.15) is 30.7 Å². The number of carbonyl (C=O) groups is 1. The van der Waals surface area contributed by atoms with Gasteiger partial charge in [0, 0.05) is 35.4 Å². The van der Waals surface area contributed by atoms with E-state index in [2.05, 4.69) is 9.97 Å². The molecule has 160 valence electrons. The highest BCUT2D eigenvalue weighted by Gasteiger charge is 2.42. The summed E-state index contributed by atoms with van der Waals surface area (Å²) in [5.74, 6) is 1.20. The molecule has 7 heteroatoms. The smallest absolute Gasteiger partial charge is 0.210 e. The Labute approximate surface area is 190 Å². The van der Waals surface area contributed by atoms with Gasteiger partial charge in [-0.3, -0.25) is 9.78 Å². The summed E-state index contributed by atoms with van der Waals surface area (Å²) >= 11 is 6.02. The van der Waals surface area contributed by atoms with Crippen LogP contribution >= 0.6 is 11.6 Å². The van der Waals surface area contributed by atoms with E-state index in [0.29, 0.717) is 28.7 Å². The van der Waals surface area contributed by atoms with Crippen molar-refractivity contribution in [1.82, 2.24) is 14.4 Å². The number of halogens is 1. The fourth-order valence-electron chi connectivity index (χ4n) is 3.68. The predicted molar refractivity (Wildman–Crippen MR) is 122 cm³/mol. The van der Waals surface area contributed by atoms with E-state index in [1.54, 1.807) is 32.3 Å². The van der Waals surface area contributed by atoms with Crippen molar-refractivity contribution in [3.63, 3.8) is 0 Å². The lowest BCUT2D eigenvalue weighted by Crippen LogP contribution is -2.29. The molecule has 1 aliphatic rings. The van der Waals surface area contributed by atoms with Crippen molar-refractivity contribution in [2.45, 2.75) is 26.1 Å². The van der Waals surface area contributed by atoms with Gasteiger partial charge < -0.3 is 13.9 Å². The summed E-state index contributed by atoms with van der Waals surface area (Å²) in [5.41, 5.74) is 2.80. The molecule has 0 aliphatic carbocycles. The Bertz CT molecular complexity index is 1340. The van der Waals surface area contributed by atoms with E-state index in [0.717, 1.165) is 22.5 Å². The van der Waals surface area contributed by atoms with Gasteiger partial charge in [0.25, 0.3) is 0 Å². The normalized spacial score (nSPS) is 15.3. The van der Waals surface area contributed by atoms with E-state index in [1.165, 1.54) is 0 Å². The molecule has 4 aromatic rings. The topological polar surface area (TPSA) is 65.7 Å². The molecule has 5 rings (SSSR count). The molecule has 1 aromatic carbocycles. The molecule has 0 radical (unpaired) electrons. The van der Waals surface area contributed by atoms with Crippen molar-refractivity contribution >= 4 is 34.4 Å². The largest absolute Gasteiger partial charge is 0.487 e. The summed E-state index contributed by atoms with van der Waals surface area (Å²) in [6.07, 6.45) is 7.13. The van der Waals surface area contributed by atoms with Crippen LogP contribution in [0.3, 0.4) is 0 Å². The van der Waals surface area contributed by atoms with Crippen LogP contribution in [0.5, 0.6) is 5.75 Å². The van der Waals surface area contributed by atoms with Crippen molar-refractivity contribution in [3.8, 4) is 5.75 Å². The number of hydrogen-bond acceptors (Lipinski definition) is 5. The average Bonchev–Trinajstić information content (AvgIpc) is 3.30. The first kappa shape index (κ1) is 20.3. The quantitative estimate of drug-likeness (QED) is 0.422. The van der Waals surface area contributed by atoms with Crippen LogP contribution in [0.15, 0.2) is 73.3 Å². The molecule has 6 nitrogen and oxygen atoms in total. The Morgan fingerprint density at radius 2 is 1.81 bits per heavy atom. The van der Waals surface area contributed by atoms with Crippen molar-refractivity contribution in [2.75, 3.05) is 0 Å². The summed E-state index contributed by atoms with van der Waals surface area (Å²) in [7, 11) is 0. The lowest BCUT2D eigenvalue weighted by atomic mass is 9.93. The summed E-state index contributed by atoms with van der Waals surface area (Å²) in [6.45, 7) is 3.88. The van der Waals surface area contributed by atoms with E-state index < -0.39 is 5.60 Å². The van der Waals surface area contributed by atoms with Gasteiger partial charge in [-0.2, -0.15) is 0 Å². The molecular weight excluding hydrogens is 426 g/mol. The zero-order chi connectivity index (χ0) is 22.3. The van der Waals surface area contributed by atoms with Crippen LogP contribution in [0, 0.1) is 0 Å². The van der Waals surface area contributed by atoms with Crippen LogP contribution in [0.2, 0.25) is 5.02 Å². The number of hydrogen-bond donors (Lipinski definition) is 0. The highest BCUT2D eigenvalue weighted by atomic mass is 35.5. The first-order valence-corrected chi connectivity index (χ1v) is 10.5. The molecule has 0 unspecified atom stereocenters. The summed E-state index contributed by atoms with van der Waals surface area (Å²) < 4.78 is 13.8. The van der Waals surface area contributed by atoms with E-state index in [4.69, 9.17) is 21.1 Å². The number of carbonyl (C=O) groups excluding carboxylic acids is 1. The van der Waals surface area contributed by atoms with Crippen LogP contribution in [0.25, 0.3) is 17.0 Å². The zero-order valence-corrected chi connectivity index (χ0v) is 18.3. The zero-order valence-electron chi connectivity index (χ0n) is 17.6. The Morgan fingerprint density at radius 1 is 1.06 bits per heavy atom. The molecule has 4 heterocycles. The second-order valence-electron chi connectivity index (χ2n) is 8.04. The Hall–Kier alpha value is -3.64. The highest BCUT2D eigenvalue weighted by Crippen LogP contribution is 2.41. The third-order valence-corrected chi connectivity index (χ3v) is 5.54. The molecule has 1 aliphatic heterocycles. The van der Waals surface area contributed by atoms with Gasteiger partial charge >= 0.3 is 0 Å². The first-order chi connectivity index (χ1) is 15.4. The number of rotatable bonds is 5. The summed E-state index contributed by atoms with van der Waals surface area (Å²) in [5, 5.41) is 0.639. The predicted octanol–water partition coefficient (Wildman–Crippen LogP) is 5.21. The number of fused-ring (bicyclic) bond motifs is 1. The van der Waals surface area contributed by atoms with Gasteiger partial charge in [0.15, 0.2) is 5.60 Å². The van der Waals surface area contributed by atoms with Crippen molar-refractivity contribution in [2.24, 2.45) is 0 Å². The molecule has 0 fully saturated rings. The number of pyridine rings is 2. The molecule has 0 amide bonds. The Morgan fingerprint density at radius 3 is 2.56 bits per heavy atom. The Kier molecular flexibility index (Phi) is 4.94. The molecular formula is C25H20ClN3O3. The van der Waals surface area contributed by atoms with Crippen molar-refractivity contribution in [1.29, 1.82) is 0 Å². The lowest BCUT2D eigenvalue weighted by Gasteiger charge is -2.17. The minimum Gasteiger partial charge on any atom is -0.487 e. The number of benzene rings is 1. The van der Waals surface area contributed by atoms with Gasteiger partial charge in [-0.15, -0.1) is 0 Å². The SMILES string of the molecule is CC1(C)OC(c2ccncc2)=C(c2ccc(OCc3cn4ccc(Cl)cc4n3)cc2)C1=O. The van der Waals surface area contributed by atoms with E-state index >= 15 is 0 Å². The number of aromatic nitrogens is 3. The standard InChI is InChI=1S/C25H20ClN3O3/c1-25(2)24(30)22(23(32-25)17-7-10-27-11-8-17)16-3-5-20(6-4-16)31-15-19-14-29-12-9-18(26)13-21(29)28-19/h3-14H,15H2,1-2H3. The monoisotopic (exact) mass is 445 g/mol. The van der Waals surface area contributed by atoms with E-state index in [9.17, 15) is 4.79 Å².